The Balaban J connectivity index is 1.53. The lowest BCUT2D eigenvalue weighted by Gasteiger charge is -2.11. The van der Waals surface area contributed by atoms with Crippen LogP contribution < -0.4 is 9.47 Å². The highest BCUT2D eigenvalue weighted by Crippen LogP contribution is 2.26. The summed E-state index contributed by atoms with van der Waals surface area (Å²) in [7, 11) is 0. The molecule has 6 heteroatoms. The molecular formula is C23H26ClNO4. The molecule has 2 aromatic carbocycles. The molecule has 5 nitrogen and oxygen atoms in total. The van der Waals surface area contributed by atoms with Crippen molar-refractivity contribution in [2.75, 3.05) is 19.8 Å². The third kappa shape index (κ3) is 5.45. The predicted molar refractivity (Wildman–Crippen MR) is 115 cm³/mol. The minimum absolute atomic E-state index is 0.0823. The summed E-state index contributed by atoms with van der Waals surface area (Å²) in [4.78, 5) is 11.4. The number of rotatable bonds is 9. The summed E-state index contributed by atoms with van der Waals surface area (Å²) >= 11 is 6.20. The zero-order valence-electron chi connectivity index (χ0n) is 17.0. The number of nitrogens with zero attached hydrogens (tertiary/aromatic N) is 1. The summed E-state index contributed by atoms with van der Waals surface area (Å²) in [5.74, 6) is 1.14. The Morgan fingerprint density at radius 1 is 1.03 bits per heavy atom. The van der Waals surface area contributed by atoms with Gasteiger partial charge >= 0.3 is 5.97 Å². The summed E-state index contributed by atoms with van der Waals surface area (Å²) in [5, 5.41) is 1.86. The van der Waals surface area contributed by atoms with Gasteiger partial charge in [0.15, 0.2) is 6.61 Å². The third-order valence-electron chi connectivity index (χ3n) is 4.63. The summed E-state index contributed by atoms with van der Waals surface area (Å²) in [6.07, 6.45) is 2.93. The van der Waals surface area contributed by atoms with E-state index in [2.05, 4.69) is 10.8 Å². The fourth-order valence-electron chi connectivity index (χ4n) is 3.22. The number of fused-ring (bicyclic) bond motifs is 1. The number of carbonyl (C=O) groups is 1. The van der Waals surface area contributed by atoms with Gasteiger partial charge in [-0.25, -0.2) is 4.79 Å². The number of halogens is 1. The van der Waals surface area contributed by atoms with Gasteiger partial charge in [-0.1, -0.05) is 11.6 Å². The average molecular weight is 416 g/mol. The number of carbonyl (C=O) groups excluding carboxylic acids is 1. The first-order chi connectivity index (χ1) is 14.0. The van der Waals surface area contributed by atoms with Crippen LogP contribution in [-0.4, -0.2) is 30.4 Å². The molecule has 3 aromatic rings. The minimum Gasteiger partial charge on any atom is -0.494 e. The van der Waals surface area contributed by atoms with Crippen molar-refractivity contribution in [1.82, 2.24) is 4.57 Å². The number of hydrogen-bond acceptors (Lipinski definition) is 4. The molecule has 0 spiro atoms. The van der Waals surface area contributed by atoms with E-state index in [4.69, 9.17) is 25.8 Å². The fraction of sp³-hybridized carbons (Fsp3) is 0.348. The fourth-order valence-corrected chi connectivity index (χ4v) is 3.33. The van der Waals surface area contributed by atoms with Crippen molar-refractivity contribution in [2.24, 2.45) is 0 Å². The maximum atomic E-state index is 11.4. The van der Waals surface area contributed by atoms with E-state index < -0.39 is 0 Å². The molecule has 0 saturated carbocycles. The number of ether oxygens (including phenoxy) is 3. The van der Waals surface area contributed by atoms with Gasteiger partial charge in [0.25, 0.3) is 0 Å². The van der Waals surface area contributed by atoms with E-state index in [0.717, 1.165) is 45.8 Å². The molecule has 0 unspecified atom stereocenters. The van der Waals surface area contributed by atoms with Gasteiger partial charge in [0, 0.05) is 28.7 Å². The maximum absolute atomic E-state index is 11.4. The molecule has 1 aromatic heterocycles. The Morgan fingerprint density at radius 2 is 1.79 bits per heavy atom. The second-order valence-electron chi connectivity index (χ2n) is 6.90. The summed E-state index contributed by atoms with van der Waals surface area (Å²) in [6, 6.07) is 11.8. The highest BCUT2D eigenvalue weighted by molar-refractivity contribution is 6.32. The van der Waals surface area contributed by atoms with Crippen LogP contribution in [0.2, 0.25) is 5.02 Å². The second-order valence-corrected chi connectivity index (χ2v) is 7.27. The molecule has 0 radical (unpaired) electrons. The molecule has 0 aliphatic heterocycles. The van der Waals surface area contributed by atoms with Crippen LogP contribution in [0.1, 0.15) is 24.5 Å². The van der Waals surface area contributed by atoms with Crippen LogP contribution in [0, 0.1) is 13.8 Å². The quantitative estimate of drug-likeness (QED) is 0.350. The summed E-state index contributed by atoms with van der Waals surface area (Å²) in [6.45, 7) is 7.48. The van der Waals surface area contributed by atoms with Crippen molar-refractivity contribution in [3.8, 4) is 11.5 Å². The molecule has 29 heavy (non-hydrogen) atoms. The topological polar surface area (TPSA) is 49.7 Å². The smallest absolute Gasteiger partial charge is 0.344 e. The Kier molecular flexibility index (Phi) is 7.04. The number of aromatic nitrogens is 1. The highest BCUT2D eigenvalue weighted by atomic mass is 35.5. The summed E-state index contributed by atoms with van der Waals surface area (Å²) < 4.78 is 18.5. The predicted octanol–water partition coefficient (Wildman–Crippen LogP) is 5.32. The van der Waals surface area contributed by atoms with E-state index in [9.17, 15) is 4.79 Å². The lowest BCUT2D eigenvalue weighted by molar-refractivity contribution is -0.145. The Bertz CT molecular complexity index is 973. The highest BCUT2D eigenvalue weighted by Gasteiger charge is 2.07. The molecule has 0 saturated heterocycles. The van der Waals surface area contributed by atoms with Crippen molar-refractivity contribution in [2.45, 2.75) is 33.7 Å². The van der Waals surface area contributed by atoms with Gasteiger partial charge in [0.1, 0.15) is 11.5 Å². The van der Waals surface area contributed by atoms with Crippen molar-refractivity contribution in [3.05, 3.63) is 58.7 Å². The molecule has 154 valence electrons. The van der Waals surface area contributed by atoms with Crippen molar-refractivity contribution >= 4 is 28.5 Å². The molecule has 0 aliphatic rings. The van der Waals surface area contributed by atoms with Gasteiger partial charge in [-0.2, -0.15) is 0 Å². The van der Waals surface area contributed by atoms with Crippen LogP contribution in [-0.2, 0) is 16.1 Å². The monoisotopic (exact) mass is 415 g/mol. The van der Waals surface area contributed by atoms with E-state index in [1.165, 1.54) is 0 Å². The van der Waals surface area contributed by atoms with E-state index in [1.54, 1.807) is 6.92 Å². The Labute approximate surface area is 176 Å². The first-order valence-electron chi connectivity index (χ1n) is 9.74. The Hall–Kier alpha value is -2.66. The number of esters is 1. The first-order valence-corrected chi connectivity index (χ1v) is 10.1. The van der Waals surface area contributed by atoms with Gasteiger partial charge < -0.3 is 18.8 Å². The van der Waals surface area contributed by atoms with E-state index in [0.29, 0.717) is 19.0 Å². The molecule has 0 N–H and O–H groups in total. The van der Waals surface area contributed by atoms with Crippen molar-refractivity contribution in [3.63, 3.8) is 0 Å². The van der Waals surface area contributed by atoms with Crippen molar-refractivity contribution in [1.29, 1.82) is 0 Å². The maximum Gasteiger partial charge on any atom is 0.344 e. The molecular weight excluding hydrogens is 390 g/mol. The molecule has 0 fully saturated rings. The van der Waals surface area contributed by atoms with Gasteiger partial charge in [0.2, 0.25) is 0 Å². The second kappa shape index (κ2) is 9.70. The molecule has 0 bridgehead atoms. The van der Waals surface area contributed by atoms with Crippen LogP contribution in [0.3, 0.4) is 0 Å². The third-order valence-corrected chi connectivity index (χ3v) is 5.22. The zero-order valence-corrected chi connectivity index (χ0v) is 17.8. The Morgan fingerprint density at radius 3 is 2.52 bits per heavy atom. The number of aryl methyl sites for hydroxylation is 3. The molecule has 3 rings (SSSR count). The average Bonchev–Trinajstić information content (AvgIpc) is 3.10. The van der Waals surface area contributed by atoms with Gasteiger partial charge in [0.05, 0.1) is 13.2 Å². The number of hydrogen-bond donors (Lipinski definition) is 0. The number of benzene rings is 2. The normalized spacial score (nSPS) is 10.9. The van der Waals surface area contributed by atoms with Gasteiger partial charge in [-0.3, -0.25) is 0 Å². The van der Waals surface area contributed by atoms with Crippen LogP contribution in [0.15, 0.2) is 42.6 Å². The van der Waals surface area contributed by atoms with E-state index in [1.807, 2.05) is 50.2 Å². The minimum atomic E-state index is -0.365. The van der Waals surface area contributed by atoms with Crippen LogP contribution >= 0.6 is 11.6 Å². The lowest BCUT2D eigenvalue weighted by Crippen LogP contribution is -2.14. The van der Waals surface area contributed by atoms with Crippen LogP contribution in [0.5, 0.6) is 11.5 Å². The summed E-state index contributed by atoms with van der Waals surface area (Å²) in [5.41, 5.74) is 3.17. The SMILES string of the molecule is CCOC(=O)COc1ccc2c(ccn2CCCOc2cc(C)c(Cl)c(C)c2)c1. The molecule has 0 atom stereocenters. The first kappa shape index (κ1) is 21.1. The molecule has 0 aliphatic carbocycles. The van der Waals surface area contributed by atoms with E-state index in [-0.39, 0.29) is 12.6 Å². The van der Waals surface area contributed by atoms with E-state index >= 15 is 0 Å². The standard InChI is InChI=1S/C23H26ClNO4/c1-4-27-22(26)15-29-19-6-7-21-18(14-19)8-10-25(21)9-5-11-28-20-12-16(2)23(24)17(3)13-20/h6-8,10,12-14H,4-5,9,11,15H2,1-3H3. The van der Waals surface area contributed by atoms with Crippen molar-refractivity contribution < 1.29 is 19.0 Å². The zero-order chi connectivity index (χ0) is 20.8. The largest absolute Gasteiger partial charge is 0.494 e. The molecule has 1 heterocycles. The van der Waals surface area contributed by atoms with Gasteiger partial charge in [-0.15, -0.1) is 0 Å². The lowest BCUT2D eigenvalue weighted by atomic mass is 10.1. The van der Waals surface area contributed by atoms with Gasteiger partial charge in [-0.05, 0) is 74.7 Å². The van der Waals surface area contributed by atoms with Crippen LogP contribution in [0.4, 0.5) is 0 Å². The molecule has 0 amide bonds. The van der Waals surface area contributed by atoms with Crippen LogP contribution in [0.25, 0.3) is 10.9 Å².